The van der Waals surface area contributed by atoms with E-state index in [-0.39, 0.29) is 5.97 Å². The number of carbonyl (C=O) groups excluding carboxylic acids is 1. The number of carbonyl (C=O) groups is 1. The van der Waals surface area contributed by atoms with Crippen molar-refractivity contribution in [3.8, 4) is 11.8 Å². The molecule has 0 spiro atoms. The van der Waals surface area contributed by atoms with Crippen LogP contribution in [0, 0.1) is 11.8 Å². The van der Waals surface area contributed by atoms with Crippen LogP contribution in [0.1, 0.15) is 56.8 Å². The molecule has 0 saturated carbocycles. The Morgan fingerprint density at radius 1 is 1.29 bits per heavy atom. The van der Waals surface area contributed by atoms with E-state index in [2.05, 4.69) is 18.8 Å². The zero-order valence-electron chi connectivity index (χ0n) is 13.1. The number of aliphatic hydroxyl groups is 1. The predicted octanol–water partition coefficient (Wildman–Crippen LogP) is 3.57. The molecule has 1 atom stereocenters. The van der Waals surface area contributed by atoms with Crippen molar-refractivity contribution in [1.29, 1.82) is 0 Å². The molecule has 0 aliphatic rings. The second kappa shape index (κ2) is 8.49. The molecule has 1 N–H and O–H groups in total. The molecule has 0 bridgehead atoms. The van der Waals surface area contributed by atoms with Crippen LogP contribution in [-0.2, 0) is 4.74 Å². The lowest BCUT2D eigenvalue weighted by Gasteiger charge is -2.14. The van der Waals surface area contributed by atoms with Crippen LogP contribution in [0.2, 0.25) is 0 Å². The van der Waals surface area contributed by atoms with Crippen molar-refractivity contribution < 1.29 is 14.6 Å². The number of hydrogen-bond acceptors (Lipinski definition) is 3. The molecule has 21 heavy (non-hydrogen) atoms. The molecule has 1 aromatic carbocycles. The Morgan fingerprint density at radius 2 is 1.95 bits per heavy atom. The highest BCUT2D eigenvalue weighted by Gasteiger charge is 2.15. The summed E-state index contributed by atoms with van der Waals surface area (Å²) < 4.78 is 5.45. The van der Waals surface area contributed by atoms with Gasteiger partial charge in [0.25, 0.3) is 0 Å². The van der Waals surface area contributed by atoms with Crippen LogP contribution in [0.25, 0.3) is 0 Å². The predicted molar refractivity (Wildman–Crippen MR) is 83.9 cm³/mol. The number of unbranched alkanes of at least 4 members (excludes halogenated alkanes) is 2. The Hall–Kier alpha value is -1.79. The summed E-state index contributed by atoms with van der Waals surface area (Å²) in [5.74, 6) is 5.24. The maximum atomic E-state index is 12.1. The lowest BCUT2D eigenvalue weighted by molar-refractivity contribution is 0.0390. The first-order valence-electron chi connectivity index (χ1n) is 7.43. The lowest BCUT2D eigenvalue weighted by atomic mass is 10.1. The van der Waals surface area contributed by atoms with E-state index < -0.39 is 11.7 Å². The van der Waals surface area contributed by atoms with E-state index in [1.807, 2.05) is 6.07 Å². The topological polar surface area (TPSA) is 46.5 Å². The van der Waals surface area contributed by atoms with Crippen LogP contribution in [0.15, 0.2) is 30.3 Å². The molecule has 1 aromatic rings. The fourth-order valence-electron chi connectivity index (χ4n) is 1.77. The number of benzene rings is 1. The standard InChI is InChI=1S/C18H24O3/c1-4-5-7-12-16(13-14-18(2,3)20)21-17(19)15-10-8-6-9-11-15/h6,8-11,16,20H,4-5,7,12H2,1-3H3/t16-/m0/s1. The van der Waals surface area contributed by atoms with Gasteiger partial charge in [-0.1, -0.05) is 49.8 Å². The first-order valence-corrected chi connectivity index (χ1v) is 7.43. The quantitative estimate of drug-likeness (QED) is 0.494. The van der Waals surface area contributed by atoms with Gasteiger partial charge >= 0.3 is 5.97 Å². The van der Waals surface area contributed by atoms with E-state index >= 15 is 0 Å². The summed E-state index contributed by atoms with van der Waals surface area (Å²) in [5, 5.41) is 9.68. The molecule has 0 radical (unpaired) electrons. The van der Waals surface area contributed by atoms with Gasteiger partial charge in [0.2, 0.25) is 0 Å². The van der Waals surface area contributed by atoms with Gasteiger partial charge in [-0.25, -0.2) is 4.79 Å². The van der Waals surface area contributed by atoms with Gasteiger partial charge in [-0.15, -0.1) is 0 Å². The van der Waals surface area contributed by atoms with Crippen molar-refractivity contribution in [3.05, 3.63) is 35.9 Å². The van der Waals surface area contributed by atoms with Crippen molar-refractivity contribution in [3.63, 3.8) is 0 Å². The highest BCUT2D eigenvalue weighted by molar-refractivity contribution is 5.89. The first-order chi connectivity index (χ1) is 9.92. The Bertz CT molecular complexity index is 489. The molecule has 0 aromatic heterocycles. The van der Waals surface area contributed by atoms with Gasteiger partial charge in [-0.3, -0.25) is 0 Å². The Kier molecular flexibility index (Phi) is 6.98. The maximum Gasteiger partial charge on any atom is 0.339 e. The fourth-order valence-corrected chi connectivity index (χ4v) is 1.77. The van der Waals surface area contributed by atoms with Gasteiger partial charge in [0.05, 0.1) is 5.56 Å². The zero-order chi connectivity index (χ0) is 15.7. The van der Waals surface area contributed by atoms with Gasteiger partial charge in [0.1, 0.15) is 5.60 Å². The number of esters is 1. The fraction of sp³-hybridized carbons (Fsp3) is 0.500. The van der Waals surface area contributed by atoms with Crippen molar-refractivity contribution >= 4 is 5.97 Å². The average Bonchev–Trinajstić information content (AvgIpc) is 2.45. The smallest absolute Gasteiger partial charge is 0.339 e. The molecule has 0 fully saturated rings. The second-order valence-electron chi connectivity index (χ2n) is 5.58. The van der Waals surface area contributed by atoms with Crippen molar-refractivity contribution in [2.45, 2.75) is 58.2 Å². The molecule has 0 amide bonds. The van der Waals surface area contributed by atoms with Crippen LogP contribution < -0.4 is 0 Å². The summed E-state index contributed by atoms with van der Waals surface area (Å²) in [6.07, 6.45) is 3.33. The lowest BCUT2D eigenvalue weighted by Crippen LogP contribution is -2.20. The normalized spacial score (nSPS) is 12.2. The van der Waals surface area contributed by atoms with E-state index in [0.717, 1.165) is 19.3 Å². The molecular weight excluding hydrogens is 264 g/mol. The van der Waals surface area contributed by atoms with E-state index in [1.165, 1.54) is 0 Å². The van der Waals surface area contributed by atoms with E-state index in [4.69, 9.17) is 4.74 Å². The SMILES string of the molecule is CCCCC[C@@H](C#CC(C)(C)O)OC(=O)c1ccccc1. The molecular formula is C18H24O3. The van der Waals surface area contributed by atoms with Gasteiger partial charge < -0.3 is 9.84 Å². The van der Waals surface area contributed by atoms with Crippen molar-refractivity contribution in [2.24, 2.45) is 0 Å². The number of ether oxygens (including phenoxy) is 1. The van der Waals surface area contributed by atoms with Crippen LogP contribution in [0.3, 0.4) is 0 Å². The largest absolute Gasteiger partial charge is 0.446 e. The van der Waals surface area contributed by atoms with Crippen LogP contribution in [0.4, 0.5) is 0 Å². The van der Waals surface area contributed by atoms with Crippen LogP contribution >= 0.6 is 0 Å². The monoisotopic (exact) mass is 288 g/mol. The maximum absolute atomic E-state index is 12.1. The highest BCUT2D eigenvalue weighted by atomic mass is 16.5. The molecule has 0 saturated heterocycles. The average molecular weight is 288 g/mol. The highest BCUT2D eigenvalue weighted by Crippen LogP contribution is 2.11. The molecule has 3 nitrogen and oxygen atoms in total. The third-order valence-corrected chi connectivity index (χ3v) is 2.87. The Balaban J connectivity index is 2.71. The minimum absolute atomic E-state index is 0.373. The molecule has 1 rings (SSSR count). The summed E-state index contributed by atoms with van der Waals surface area (Å²) in [4.78, 5) is 12.1. The molecule has 3 heteroatoms. The third-order valence-electron chi connectivity index (χ3n) is 2.87. The summed E-state index contributed by atoms with van der Waals surface area (Å²) >= 11 is 0. The summed E-state index contributed by atoms with van der Waals surface area (Å²) in [6, 6.07) is 8.88. The summed E-state index contributed by atoms with van der Waals surface area (Å²) in [7, 11) is 0. The van der Waals surface area contributed by atoms with Gasteiger partial charge in [0.15, 0.2) is 6.10 Å². The first kappa shape index (κ1) is 17.3. The molecule has 114 valence electrons. The number of hydrogen-bond donors (Lipinski definition) is 1. The van der Waals surface area contributed by atoms with Crippen LogP contribution in [0.5, 0.6) is 0 Å². The number of rotatable bonds is 6. The van der Waals surface area contributed by atoms with E-state index in [0.29, 0.717) is 12.0 Å². The Labute approximate surface area is 127 Å². The van der Waals surface area contributed by atoms with Gasteiger partial charge in [-0.05, 0) is 38.8 Å². The van der Waals surface area contributed by atoms with Crippen molar-refractivity contribution in [2.75, 3.05) is 0 Å². The van der Waals surface area contributed by atoms with Gasteiger partial charge in [-0.2, -0.15) is 0 Å². The van der Waals surface area contributed by atoms with E-state index in [9.17, 15) is 9.90 Å². The minimum atomic E-state index is -1.08. The van der Waals surface area contributed by atoms with E-state index in [1.54, 1.807) is 38.1 Å². The molecule has 0 aliphatic carbocycles. The second-order valence-corrected chi connectivity index (χ2v) is 5.58. The third kappa shape index (κ3) is 7.53. The zero-order valence-corrected chi connectivity index (χ0v) is 13.1. The Morgan fingerprint density at radius 3 is 2.52 bits per heavy atom. The molecule has 0 heterocycles. The van der Waals surface area contributed by atoms with Crippen LogP contribution in [-0.4, -0.2) is 22.8 Å². The van der Waals surface area contributed by atoms with Gasteiger partial charge in [0, 0.05) is 0 Å². The van der Waals surface area contributed by atoms with Crippen molar-refractivity contribution in [1.82, 2.24) is 0 Å². The molecule has 0 aliphatic heterocycles. The minimum Gasteiger partial charge on any atom is -0.446 e. The molecule has 0 unspecified atom stereocenters. The summed E-state index contributed by atoms with van der Waals surface area (Å²) in [6.45, 7) is 5.34. The summed E-state index contributed by atoms with van der Waals surface area (Å²) in [5.41, 5.74) is -0.564.